The molecule has 3 aromatic heterocycles. The molecule has 0 aliphatic carbocycles. The molecule has 10 heteroatoms. The number of carbonyl (C=O) groups is 2. The monoisotopic (exact) mass is 491 g/mol. The highest BCUT2D eigenvalue weighted by atomic mass is 16.6. The van der Waals surface area contributed by atoms with Gasteiger partial charge in [-0.3, -0.25) is 9.30 Å². The van der Waals surface area contributed by atoms with Crippen LogP contribution in [0.1, 0.15) is 45.0 Å². The number of carboxylic acid groups (broad SMARTS) is 1. The molecular formula is C26H29N5O5. The first-order valence-corrected chi connectivity index (χ1v) is 11.8. The number of amides is 1. The third kappa shape index (κ3) is 4.07. The second-order valence-corrected chi connectivity index (χ2v) is 10.3. The van der Waals surface area contributed by atoms with Gasteiger partial charge in [0.2, 0.25) is 0 Å². The van der Waals surface area contributed by atoms with Gasteiger partial charge >= 0.3 is 12.1 Å². The Kier molecular flexibility index (Phi) is 5.51. The topological polar surface area (TPSA) is 133 Å². The molecular weight excluding hydrogens is 462 g/mol. The molecule has 2 atom stereocenters. The van der Waals surface area contributed by atoms with E-state index in [-0.39, 0.29) is 19.4 Å². The maximum absolute atomic E-state index is 12.6. The summed E-state index contributed by atoms with van der Waals surface area (Å²) in [6, 6.07) is 8.07. The first-order chi connectivity index (χ1) is 17.0. The van der Waals surface area contributed by atoms with E-state index < -0.39 is 29.3 Å². The molecule has 1 aromatic carbocycles. The molecule has 0 bridgehead atoms. The van der Waals surface area contributed by atoms with Gasteiger partial charge in [0.25, 0.3) is 0 Å². The number of aliphatic hydroxyl groups is 1. The van der Waals surface area contributed by atoms with E-state index in [0.29, 0.717) is 5.56 Å². The molecule has 36 heavy (non-hydrogen) atoms. The van der Waals surface area contributed by atoms with Crippen molar-refractivity contribution in [2.24, 2.45) is 0 Å². The highest BCUT2D eigenvalue weighted by Gasteiger charge is 2.45. The van der Waals surface area contributed by atoms with Crippen LogP contribution >= 0.6 is 0 Å². The average molecular weight is 492 g/mol. The summed E-state index contributed by atoms with van der Waals surface area (Å²) in [5, 5.41) is 21.3. The summed E-state index contributed by atoms with van der Waals surface area (Å²) in [6.45, 7) is 7.18. The third-order valence-corrected chi connectivity index (χ3v) is 6.62. The zero-order valence-corrected chi connectivity index (χ0v) is 20.6. The molecule has 1 amide bonds. The van der Waals surface area contributed by atoms with Crippen molar-refractivity contribution in [1.82, 2.24) is 24.3 Å². The van der Waals surface area contributed by atoms with Gasteiger partial charge in [0.05, 0.1) is 28.5 Å². The quantitative estimate of drug-likeness (QED) is 0.396. The van der Waals surface area contributed by atoms with Crippen LogP contribution in [0.2, 0.25) is 0 Å². The lowest BCUT2D eigenvalue weighted by atomic mass is 9.80. The minimum atomic E-state index is -1.40. The molecule has 2 unspecified atom stereocenters. The van der Waals surface area contributed by atoms with E-state index >= 15 is 0 Å². The van der Waals surface area contributed by atoms with E-state index in [0.717, 1.165) is 33.8 Å². The van der Waals surface area contributed by atoms with Crippen LogP contribution in [0.4, 0.5) is 4.79 Å². The van der Waals surface area contributed by atoms with Crippen molar-refractivity contribution in [1.29, 1.82) is 0 Å². The number of benzene rings is 1. The molecule has 4 aromatic rings. The Morgan fingerprint density at radius 1 is 1.17 bits per heavy atom. The van der Waals surface area contributed by atoms with Gasteiger partial charge in [0.15, 0.2) is 5.65 Å². The zero-order valence-electron chi connectivity index (χ0n) is 20.6. The van der Waals surface area contributed by atoms with Crippen LogP contribution in [0.15, 0.2) is 42.7 Å². The van der Waals surface area contributed by atoms with Gasteiger partial charge in [-0.2, -0.15) is 0 Å². The Balaban J connectivity index is 1.43. The summed E-state index contributed by atoms with van der Waals surface area (Å²) in [6.07, 6.45) is 2.98. The number of aromatic nitrogens is 4. The van der Waals surface area contributed by atoms with Gasteiger partial charge in [0.1, 0.15) is 17.5 Å². The predicted molar refractivity (Wildman–Crippen MR) is 133 cm³/mol. The van der Waals surface area contributed by atoms with Gasteiger partial charge in [-0.1, -0.05) is 24.3 Å². The number of aromatic amines is 1. The minimum Gasteiger partial charge on any atom is -0.480 e. The molecule has 5 rings (SSSR count). The molecule has 1 fully saturated rings. The van der Waals surface area contributed by atoms with Gasteiger partial charge in [0, 0.05) is 24.7 Å². The maximum Gasteiger partial charge on any atom is 0.411 e. The summed E-state index contributed by atoms with van der Waals surface area (Å²) in [7, 11) is 0. The molecule has 0 spiro atoms. The fraction of sp³-hybridized carbons (Fsp3) is 0.385. The number of aryl methyl sites for hydroxylation is 1. The lowest BCUT2D eigenvalue weighted by Gasteiger charge is -2.42. The zero-order chi connectivity index (χ0) is 25.8. The second kappa shape index (κ2) is 8.34. The summed E-state index contributed by atoms with van der Waals surface area (Å²) in [5.41, 5.74) is 2.64. The number of hydrogen-bond acceptors (Lipinski definition) is 6. The van der Waals surface area contributed by atoms with Crippen LogP contribution in [-0.2, 0) is 15.1 Å². The van der Waals surface area contributed by atoms with E-state index in [1.54, 1.807) is 39.1 Å². The fourth-order valence-corrected chi connectivity index (χ4v) is 4.90. The van der Waals surface area contributed by atoms with E-state index in [1.165, 1.54) is 4.90 Å². The van der Waals surface area contributed by atoms with Crippen LogP contribution < -0.4 is 0 Å². The van der Waals surface area contributed by atoms with Gasteiger partial charge < -0.3 is 19.9 Å². The summed E-state index contributed by atoms with van der Waals surface area (Å²) in [5.74, 6) is -0.354. The number of nitrogens with zero attached hydrogens (tertiary/aromatic N) is 4. The normalized spacial score (nSPS) is 20.7. The highest BCUT2D eigenvalue weighted by Crippen LogP contribution is 2.38. The third-order valence-electron chi connectivity index (χ3n) is 6.62. The largest absolute Gasteiger partial charge is 0.480 e. The first-order valence-electron chi connectivity index (χ1n) is 11.8. The van der Waals surface area contributed by atoms with Crippen molar-refractivity contribution in [2.45, 2.75) is 57.8 Å². The lowest BCUT2D eigenvalue weighted by Crippen LogP contribution is -2.55. The number of aliphatic carboxylic acids is 1. The number of rotatable bonds is 3. The molecule has 1 aliphatic heterocycles. The maximum atomic E-state index is 12.6. The Labute approximate surface area is 207 Å². The van der Waals surface area contributed by atoms with Gasteiger partial charge in [-0.05, 0) is 45.7 Å². The Morgan fingerprint density at radius 2 is 1.89 bits per heavy atom. The van der Waals surface area contributed by atoms with Crippen molar-refractivity contribution in [3.8, 4) is 11.3 Å². The molecule has 3 N–H and O–H groups in total. The minimum absolute atomic E-state index is 0.0628. The standard InChI is InChI=1S/C26H29N5O5/c1-15-29-21(20-14-28-22-18(31(15)20)9-11-27-22)16-5-7-17(8-6-16)26(35)10-12-30(19(13-26)23(32)33)24(34)36-25(2,3)4/h5-9,11,14,19,27,35H,10,12-13H2,1-4H3,(H,32,33). The van der Waals surface area contributed by atoms with E-state index in [1.807, 2.05) is 35.7 Å². The Hall–Kier alpha value is -3.92. The smallest absolute Gasteiger partial charge is 0.411 e. The molecule has 0 saturated carbocycles. The number of fused-ring (bicyclic) bond motifs is 3. The lowest BCUT2D eigenvalue weighted by molar-refractivity contribution is -0.150. The molecule has 4 heterocycles. The first kappa shape index (κ1) is 23.8. The number of hydrogen-bond donors (Lipinski definition) is 3. The number of likely N-dealkylation sites (tertiary alicyclic amines) is 1. The SMILES string of the molecule is Cc1nc(-c2ccc(C3(O)CCN(C(=O)OC(C)(C)C)C(C(=O)O)C3)cc2)c2cnc3[nH]ccc3n12. The van der Waals surface area contributed by atoms with E-state index in [9.17, 15) is 19.8 Å². The number of carbonyl (C=O) groups excluding carboxylic acids is 1. The van der Waals surface area contributed by atoms with Crippen LogP contribution in [0.3, 0.4) is 0 Å². The number of ether oxygens (including phenoxy) is 1. The number of imidazole rings is 1. The summed E-state index contributed by atoms with van der Waals surface area (Å²) < 4.78 is 7.42. The average Bonchev–Trinajstić information content (AvgIpc) is 3.42. The molecule has 188 valence electrons. The number of nitrogens with one attached hydrogen (secondary N) is 1. The molecule has 0 radical (unpaired) electrons. The fourth-order valence-electron chi connectivity index (χ4n) is 4.90. The van der Waals surface area contributed by atoms with Crippen LogP contribution in [0, 0.1) is 6.92 Å². The van der Waals surface area contributed by atoms with Crippen molar-refractivity contribution in [3.63, 3.8) is 0 Å². The van der Waals surface area contributed by atoms with E-state index in [4.69, 9.17) is 9.72 Å². The van der Waals surface area contributed by atoms with Gasteiger partial charge in [-0.15, -0.1) is 0 Å². The Morgan fingerprint density at radius 3 is 2.56 bits per heavy atom. The van der Waals surface area contributed by atoms with Crippen LogP contribution in [0.25, 0.3) is 27.9 Å². The Bertz CT molecular complexity index is 1470. The predicted octanol–water partition coefficient (Wildman–Crippen LogP) is 3.86. The molecule has 1 aliphatic rings. The van der Waals surface area contributed by atoms with Crippen LogP contribution in [-0.4, -0.2) is 64.7 Å². The van der Waals surface area contributed by atoms with Gasteiger partial charge in [-0.25, -0.2) is 19.6 Å². The van der Waals surface area contributed by atoms with Crippen molar-refractivity contribution in [3.05, 3.63) is 54.1 Å². The number of piperidine rings is 1. The number of carboxylic acids is 1. The molecule has 1 saturated heterocycles. The van der Waals surface area contributed by atoms with Crippen molar-refractivity contribution < 1.29 is 24.5 Å². The number of H-pyrrole nitrogens is 1. The second-order valence-electron chi connectivity index (χ2n) is 10.3. The van der Waals surface area contributed by atoms with E-state index in [2.05, 4.69) is 9.97 Å². The summed E-state index contributed by atoms with van der Waals surface area (Å²) in [4.78, 5) is 38.1. The van der Waals surface area contributed by atoms with Crippen molar-refractivity contribution >= 4 is 28.7 Å². The summed E-state index contributed by atoms with van der Waals surface area (Å²) >= 11 is 0. The molecule has 10 nitrogen and oxygen atoms in total. The highest BCUT2D eigenvalue weighted by molar-refractivity contribution is 5.84. The van der Waals surface area contributed by atoms with Crippen molar-refractivity contribution in [2.75, 3.05) is 6.54 Å². The van der Waals surface area contributed by atoms with Crippen LogP contribution in [0.5, 0.6) is 0 Å².